The average molecular weight is 158 g/mol. The number of amides is 1. The number of carbonyl (C=O) groups is 1. The molecule has 1 rings (SSSR count). The van der Waals surface area contributed by atoms with Gasteiger partial charge in [0.2, 0.25) is 5.91 Å². The van der Waals surface area contributed by atoms with E-state index in [0.717, 1.165) is 0 Å². The Labute approximate surface area is 66.0 Å². The highest BCUT2D eigenvalue weighted by Crippen LogP contribution is 2.08. The maximum Gasteiger partial charge on any atom is 0.225 e. The summed E-state index contributed by atoms with van der Waals surface area (Å²) in [5.41, 5.74) is 5.48. The van der Waals surface area contributed by atoms with Gasteiger partial charge in [-0.1, -0.05) is 0 Å². The minimum Gasteiger partial charge on any atom is -0.393 e. The van der Waals surface area contributed by atoms with E-state index >= 15 is 0 Å². The predicted octanol–water partition coefficient (Wildman–Crippen LogP) is -1.07. The minimum atomic E-state index is -0.542. The van der Waals surface area contributed by atoms with Gasteiger partial charge in [-0.05, 0) is 6.92 Å². The Morgan fingerprint density at radius 3 is 2.73 bits per heavy atom. The molecule has 1 aliphatic heterocycles. The van der Waals surface area contributed by atoms with Crippen LogP contribution in [0.3, 0.4) is 0 Å². The first kappa shape index (κ1) is 8.49. The molecule has 1 saturated heterocycles. The molecule has 0 saturated carbocycles. The molecule has 1 atom stereocenters. The molecule has 1 aliphatic rings. The summed E-state index contributed by atoms with van der Waals surface area (Å²) in [6.45, 7) is 2.90. The summed E-state index contributed by atoms with van der Waals surface area (Å²) >= 11 is 0. The highest BCUT2D eigenvalue weighted by Gasteiger charge is 2.27. The summed E-state index contributed by atoms with van der Waals surface area (Å²) in [5.74, 6) is 0.00157. The first-order chi connectivity index (χ1) is 5.09. The van der Waals surface area contributed by atoms with E-state index in [1.54, 1.807) is 11.8 Å². The second kappa shape index (κ2) is 3.19. The second-order valence-corrected chi connectivity index (χ2v) is 3.11. The van der Waals surface area contributed by atoms with E-state index in [0.29, 0.717) is 13.1 Å². The Hall–Kier alpha value is -0.610. The number of likely N-dealkylation sites (tertiary alicyclic amines) is 1. The molecule has 0 aliphatic carbocycles. The molecule has 3 N–H and O–H groups in total. The zero-order chi connectivity index (χ0) is 8.43. The largest absolute Gasteiger partial charge is 0.393 e. The van der Waals surface area contributed by atoms with Crippen LogP contribution < -0.4 is 5.73 Å². The van der Waals surface area contributed by atoms with Crippen molar-refractivity contribution in [3.8, 4) is 0 Å². The second-order valence-electron chi connectivity index (χ2n) is 3.11. The number of nitrogens with zero attached hydrogens (tertiary/aromatic N) is 1. The molecule has 0 radical (unpaired) electrons. The lowest BCUT2D eigenvalue weighted by molar-refractivity contribution is -0.137. The molecule has 0 spiro atoms. The zero-order valence-electron chi connectivity index (χ0n) is 6.66. The summed E-state index contributed by atoms with van der Waals surface area (Å²) in [5, 5.41) is 8.88. The number of hydrogen-bond acceptors (Lipinski definition) is 3. The predicted molar refractivity (Wildman–Crippen MR) is 40.9 cm³/mol. The third kappa shape index (κ3) is 2.17. The van der Waals surface area contributed by atoms with Crippen LogP contribution in [0.15, 0.2) is 0 Å². The lowest BCUT2D eigenvalue weighted by atomic mass is 10.1. The van der Waals surface area contributed by atoms with Crippen LogP contribution in [0, 0.1) is 0 Å². The lowest BCUT2D eigenvalue weighted by Crippen LogP contribution is -2.58. The van der Waals surface area contributed by atoms with Gasteiger partial charge in [-0.25, -0.2) is 0 Å². The van der Waals surface area contributed by atoms with Gasteiger partial charge in [0.1, 0.15) is 0 Å². The molecule has 1 amide bonds. The van der Waals surface area contributed by atoms with Crippen molar-refractivity contribution in [3.63, 3.8) is 0 Å². The van der Waals surface area contributed by atoms with Crippen LogP contribution in [-0.4, -0.2) is 41.1 Å². The molecule has 1 unspecified atom stereocenters. The van der Waals surface area contributed by atoms with Gasteiger partial charge in [0, 0.05) is 19.1 Å². The zero-order valence-corrected chi connectivity index (χ0v) is 6.66. The molecule has 0 aromatic heterocycles. The van der Waals surface area contributed by atoms with Crippen LogP contribution in [-0.2, 0) is 4.79 Å². The first-order valence-electron chi connectivity index (χ1n) is 3.81. The van der Waals surface area contributed by atoms with Gasteiger partial charge in [-0.3, -0.25) is 4.79 Å². The Morgan fingerprint density at radius 1 is 1.82 bits per heavy atom. The quantitative estimate of drug-likeness (QED) is 0.537. The summed E-state index contributed by atoms with van der Waals surface area (Å²) < 4.78 is 0. The number of aliphatic hydroxyl groups is 1. The third-order valence-corrected chi connectivity index (χ3v) is 1.73. The molecule has 1 heterocycles. The fourth-order valence-electron chi connectivity index (χ4n) is 1.10. The van der Waals surface area contributed by atoms with Crippen molar-refractivity contribution < 1.29 is 9.90 Å². The maximum atomic E-state index is 11.1. The standard InChI is InChI=1S/C7H14N2O2/c1-5(10)2-7(11)9-3-6(8)4-9/h5-6,10H,2-4,8H2,1H3. The van der Waals surface area contributed by atoms with Gasteiger partial charge in [0.25, 0.3) is 0 Å². The molecule has 4 heteroatoms. The topological polar surface area (TPSA) is 66.6 Å². The van der Waals surface area contributed by atoms with Crippen LogP contribution in [0.4, 0.5) is 0 Å². The van der Waals surface area contributed by atoms with Gasteiger partial charge in [-0.2, -0.15) is 0 Å². The van der Waals surface area contributed by atoms with E-state index < -0.39 is 6.10 Å². The molecule has 1 fully saturated rings. The average Bonchev–Trinajstić information content (AvgIpc) is 1.79. The Kier molecular flexibility index (Phi) is 2.46. The van der Waals surface area contributed by atoms with Crippen LogP contribution in [0.2, 0.25) is 0 Å². The summed E-state index contributed by atoms with van der Waals surface area (Å²) in [6, 6.07) is 0.146. The number of hydrogen-bond donors (Lipinski definition) is 2. The molecular formula is C7H14N2O2. The van der Waals surface area contributed by atoms with Gasteiger partial charge in [-0.15, -0.1) is 0 Å². The van der Waals surface area contributed by atoms with E-state index in [-0.39, 0.29) is 18.4 Å². The van der Waals surface area contributed by atoms with Crippen molar-refractivity contribution >= 4 is 5.91 Å². The molecule has 11 heavy (non-hydrogen) atoms. The molecule has 4 nitrogen and oxygen atoms in total. The van der Waals surface area contributed by atoms with Crippen molar-refractivity contribution in [1.29, 1.82) is 0 Å². The number of carbonyl (C=O) groups excluding carboxylic acids is 1. The van der Waals surface area contributed by atoms with E-state index in [1.807, 2.05) is 0 Å². The SMILES string of the molecule is CC(O)CC(=O)N1CC(N)C1. The van der Waals surface area contributed by atoms with E-state index in [9.17, 15) is 4.79 Å². The smallest absolute Gasteiger partial charge is 0.225 e. The van der Waals surface area contributed by atoms with Crippen LogP contribution in [0.1, 0.15) is 13.3 Å². The fraction of sp³-hybridized carbons (Fsp3) is 0.857. The molecule has 0 aromatic carbocycles. The van der Waals surface area contributed by atoms with E-state index in [1.165, 1.54) is 0 Å². The molecule has 64 valence electrons. The molecular weight excluding hydrogens is 144 g/mol. The first-order valence-corrected chi connectivity index (χ1v) is 3.81. The van der Waals surface area contributed by atoms with Crippen LogP contribution in [0.25, 0.3) is 0 Å². The summed E-state index contributed by atoms with van der Waals surface area (Å²) in [6.07, 6.45) is -0.327. The summed E-state index contributed by atoms with van der Waals surface area (Å²) in [4.78, 5) is 12.8. The monoisotopic (exact) mass is 158 g/mol. The highest BCUT2D eigenvalue weighted by atomic mass is 16.3. The van der Waals surface area contributed by atoms with Gasteiger partial charge < -0.3 is 15.7 Å². The number of rotatable bonds is 2. The van der Waals surface area contributed by atoms with Gasteiger partial charge in [0.15, 0.2) is 0 Å². The van der Waals surface area contributed by atoms with Crippen molar-refractivity contribution in [2.24, 2.45) is 5.73 Å². The number of nitrogens with two attached hydrogens (primary N) is 1. The maximum absolute atomic E-state index is 11.1. The Morgan fingerprint density at radius 2 is 2.36 bits per heavy atom. The third-order valence-electron chi connectivity index (χ3n) is 1.73. The highest BCUT2D eigenvalue weighted by molar-refractivity contribution is 5.77. The van der Waals surface area contributed by atoms with Gasteiger partial charge in [0.05, 0.1) is 12.5 Å². The van der Waals surface area contributed by atoms with Gasteiger partial charge >= 0.3 is 0 Å². The lowest BCUT2D eigenvalue weighted by Gasteiger charge is -2.37. The van der Waals surface area contributed by atoms with Crippen molar-refractivity contribution in [2.75, 3.05) is 13.1 Å². The minimum absolute atomic E-state index is 0.00157. The van der Waals surface area contributed by atoms with Crippen molar-refractivity contribution in [3.05, 3.63) is 0 Å². The van der Waals surface area contributed by atoms with Crippen molar-refractivity contribution in [1.82, 2.24) is 4.90 Å². The van der Waals surface area contributed by atoms with Crippen molar-refractivity contribution in [2.45, 2.75) is 25.5 Å². The van der Waals surface area contributed by atoms with Crippen LogP contribution >= 0.6 is 0 Å². The molecule has 0 bridgehead atoms. The molecule has 0 aromatic rings. The number of aliphatic hydroxyl groups excluding tert-OH is 1. The van der Waals surface area contributed by atoms with Crippen LogP contribution in [0.5, 0.6) is 0 Å². The van der Waals surface area contributed by atoms with E-state index in [4.69, 9.17) is 10.8 Å². The normalized spacial score (nSPS) is 21.2. The fourth-order valence-corrected chi connectivity index (χ4v) is 1.10. The van der Waals surface area contributed by atoms with E-state index in [2.05, 4.69) is 0 Å². The summed E-state index contributed by atoms with van der Waals surface area (Å²) in [7, 11) is 0. The Balaban J connectivity index is 2.21. The Bertz CT molecular complexity index is 153.